The van der Waals surface area contributed by atoms with E-state index in [4.69, 9.17) is 22.6 Å². The number of halogens is 4. The van der Waals surface area contributed by atoms with Gasteiger partial charge in [-0.3, -0.25) is 0 Å². The fourth-order valence-electron chi connectivity index (χ4n) is 0.923. The summed E-state index contributed by atoms with van der Waals surface area (Å²) < 4.78 is 36.2. The molecule has 0 saturated heterocycles. The second kappa shape index (κ2) is 3.90. The summed E-state index contributed by atoms with van der Waals surface area (Å²) in [5.41, 5.74) is 4.21. The first-order chi connectivity index (χ1) is 6.83. The van der Waals surface area contributed by atoms with Crippen molar-refractivity contribution in [2.45, 2.75) is 12.6 Å². The van der Waals surface area contributed by atoms with Gasteiger partial charge in [-0.2, -0.15) is 23.4 Å². The molecule has 0 aliphatic heterocycles. The monoisotopic (exact) mass is 236 g/mol. The van der Waals surface area contributed by atoms with Gasteiger partial charge in [-0.1, -0.05) is 11.6 Å². The number of nitrogen functional groups attached to an aromatic ring is 1. The summed E-state index contributed by atoms with van der Waals surface area (Å²) in [6.07, 6.45) is -5.84. The third-order valence-corrected chi connectivity index (χ3v) is 1.71. The molecule has 0 fully saturated rings. The maximum Gasteiger partial charge on any atom is 0.394 e. The van der Waals surface area contributed by atoms with Crippen molar-refractivity contribution >= 4 is 17.5 Å². The molecule has 4 nitrogen and oxygen atoms in total. The maximum atomic E-state index is 12.1. The average molecular weight is 237 g/mol. The van der Waals surface area contributed by atoms with Crippen LogP contribution in [0.5, 0.6) is 0 Å². The molecular formula is C7H4ClF3N4. The first kappa shape index (κ1) is 11.5. The highest BCUT2D eigenvalue weighted by Crippen LogP contribution is 2.25. The SMILES string of the molecule is N#Cc1c(Cl)nc(N)nc1CC(F)(F)F. The molecule has 1 aromatic rings. The second-order valence-electron chi connectivity index (χ2n) is 2.60. The van der Waals surface area contributed by atoms with Gasteiger partial charge in [-0.25, -0.2) is 4.98 Å². The van der Waals surface area contributed by atoms with Crippen molar-refractivity contribution in [1.29, 1.82) is 5.26 Å². The summed E-state index contributed by atoms with van der Waals surface area (Å²) in [5, 5.41) is 8.19. The molecule has 0 atom stereocenters. The molecule has 1 aromatic heterocycles. The van der Waals surface area contributed by atoms with E-state index < -0.39 is 29.8 Å². The van der Waals surface area contributed by atoms with Crippen LogP contribution in [0.2, 0.25) is 5.15 Å². The molecule has 2 N–H and O–H groups in total. The number of hydrogen-bond acceptors (Lipinski definition) is 4. The van der Waals surface area contributed by atoms with E-state index in [1.807, 2.05) is 0 Å². The van der Waals surface area contributed by atoms with Crippen molar-refractivity contribution in [1.82, 2.24) is 9.97 Å². The molecule has 15 heavy (non-hydrogen) atoms. The van der Waals surface area contributed by atoms with Crippen LogP contribution in [0, 0.1) is 11.3 Å². The zero-order valence-corrected chi connectivity index (χ0v) is 7.89. The summed E-state index contributed by atoms with van der Waals surface area (Å²) in [5.74, 6) is -0.391. The molecule has 8 heteroatoms. The fraction of sp³-hybridized carbons (Fsp3) is 0.286. The predicted molar refractivity (Wildman–Crippen MR) is 45.9 cm³/mol. The van der Waals surface area contributed by atoms with Gasteiger partial charge in [0, 0.05) is 0 Å². The lowest BCUT2D eigenvalue weighted by Crippen LogP contribution is -2.15. The lowest BCUT2D eigenvalue weighted by atomic mass is 10.2. The summed E-state index contributed by atoms with van der Waals surface area (Å²) in [4.78, 5) is 6.71. The molecule has 0 saturated carbocycles. The van der Waals surface area contributed by atoms with Gasteiger partial charge in [0.05, 0.1) is 12.1 Å². The highest BCUT2D eigenvalue weighted by atomic mass is 35.5. The van der Waals surface area contributed by atoms with Gasteiger partial charge in [0.15, 0.2) is 5.15 Å². The van der Waals surface area contributed by atoms with Crippen molar-refractivity contribution in [3.63, 3.8) is 0 Å². The Kier molecular flexibility index (Phi) is 3.00. The van der Waals surface area contributed by atoms with Crippen LogP contribution in [0.15, 0.2) is 0 Å². The van der Waals surface area contributed by atoms with Crippen LogP contribution in [0.3, 0.4) is 0 Å². The van der Waals surface area contributed by atoms with Crippen LogP contribution >= 0.6 is 11.6 Å². The van der Waals surface area contributed by atoms with Crippen molar-refractivity contribution in [2.75, 3.05) is 5.73 Å². The summed E-state index contributed by atoms with van der Waals surface area (Å²) in [6, 6.07) is 1.50. The molecular weight excluding hydrogens is 233 g/mol. The Morgan fingerprint density at radius 3 is 2.47 bits per heavy atom. The number of aromatic nitrogens is 2. The summed E-state index contributed by atoms with van der Waals surface area (Å²) in [7, 11) is 0. The van der Waals surface area contributed by atoms with E-state index in [1.54, 1.807) is 0 Å². The van der Waals surface area contributed by atoms with Crippen LogP contribution in [-0.2, 0) is 6.42 Å². The smallest absolute Gasteiger partial charge is 0.368 e. The number of alkyl halides is 3. The topological polar surface area (TPSA) is 75.6 Å². The molecule has 0 aromatic carbocycles. The van der Waals surface area contributed by atoms with Gasteiger partial charge in [0.25, 0.3) is 0 Å². The van der Waals surface area contributed by atoms with Gasteiger partial charge in [-0.15, -0.1) is 0 Å². The summed E-state index contributed by atoms with van der Waals surface area (Å²) in [6.45, 7) is 0. The minimum Gasteiger partial charge on any atom is -0.368 e. The standard InChI is InChI=1S/C7H4ClF3N4/c8-5-3(2-12)4(1-7(9,10)11)14-6(13)15-5/h1H2,(H2,13,14,15). The van der Waals surface area contributed by atoms with E-state index in [0.717, 1.165) is 0 Å². The van der Waals surface area contributed by atoms with Crippen molar-refractivity contribution in [2.24, 2.45) is 0 Å². The highest BCUT2D eigenvalue weighted by molar-refractivity contribution is 6.30. The lowest BCUT2D eigenvalue weighted by molar-refractivity contribution is -0.127. The first-order valence-corrected chi connectivity index (χ1v) is 4.00. The van der Waals surface area contributed by atoms with E-state index in [2.05, 4.69) is 9.97 Å². The van der Waals surface area contributed by atoms with Gasteiger partial charge in [-0.05, 0) is 0 Å². The Bertz CT molecular complexity index is 423. The number of rotatable bonds is 1. The zero-order valence-electron chi connectivity index (χ0n) is 7.14. The number of nitrogens with zero attached hydrogens (tertiary/aromatic N) is 3. The van der Waals surface area contributed by atoms with E-state index in [1.165, 1.54) is 6.07 Å². The van der Waals surface area contributed by atoms with E-state index in [0.29, 0.717) is 0 Å². The molecule has 0 unspecified atom stereocenters. The highest BCUT2D eigenvalue weighted by Gasteiger charge is 2.31. The number of nitrogens with two attached hydrogens (primary N) is 1. The zero-order chi connectivity index (χ0) is 11.6. The van der Waals surface area contributed by atoms with Gasteiger partial charge >= 0.3 is 6.18 Å². The van der Waals surface area contributed by atoms with Crippen molar-refractivity contribution in [3.05, 3.63) is 16.4 Å². The number of hydrogen-bond donors (Lipinski definition) is 1. The van der Waals surface area contributed by atoms with E-state index in [9.17, 15) is 13.2 Å². The Labute approximate surface area is 87.5 Å². The predicted octanol–water partition coefficient (Wildman–Crippen LogP) is 1.69. The molecule has 80 valence electrons. The van der Waals surface area contributed by atoms with Gasteiger partial charge in [0.2, 0.25) is 5.95 Å². The van der Waals surface area contributed by atoms with Crippen LogP contribution in [0.25, 0.3) is 0 Å². The quantitative estimate of drug-likeness (QED) is 0.753. The Morgan fingerprint density at radius 1 is 1.40 bits per heavy atom. The van der Waals surface area contributed by atoms with Crippen LogP contribution in [0.1, 0.15) is 11.3 Å². The maximum absolute atomic E-state index is 12.1. The largest absolute Gasteiger partial charge is 0.394 e. The fourth-order valence-corrected chi connectivity index (χ4v) is 1.16. The van der Waals surface area contributed by atoms with Crippen molar-refractivity contribution < 1.29 is 13.2 Å². The Hall–Kier alpha value is -1.55. The minimum absolute atomic E-state index is 0.371. The number of anilines is 1. The Morgan fingerprint density at radius 2 is 2.00 bits per heavy atom. The van der Waals surface area contributed by atoms with Crippen molar-refractivity contribution in [3.8, 4) is 6.07 Å². The molecule has 0 radical (unpaired) electrons. The molecule has 1 heterocycles. The normalized spacial score (nSPS) is 11.1. The van der Waals surface area contributed by atoms with E-state index in [-0.39, 0.29) is 5.15 Å². The molecule has 0 amide bonds. The van der Waals surface area contributed by atoms with Gasteiger partial charge in [0.1, 0.15) is 11.6 Å². The van der Waals surface area contributed by atoms with Crippen LogP contribution in [0.4, 0.5) is 19.1 Å². The van der Waals surface area contributed by atoms with E-state index >= 15 is 0 Å². The summed E-state index contributed by atoms with van der Waals surface area (Å²) >= 11 is 5.44. The minimum atomic E-state index is -4.48. The lowest BCUT2D eigenvalue weighted by Gasteiger charge is -2.08. The van der Waals surface area contributed by atoms with Gasteiger partial charge < -0.3 is 5.73 Å². The molecule has 0 aliphatic rings. The molecule has 0 bridgehead atoms. The third kappa shape index (κ3) is 2.95. The molecule has 0 aliphatic carbocycles. The van der Waals surface area contributed by atoms with Crippen LogP contribution in [-0.4, -0.2) is 16.1 Å². The second-order valence-corrected chi connectivity index (χ2v) is 2.96. The molecule has 0 spiro atoms. The number of nitriles is 1. The first-order valence-electron chi connectivity index (χ1n) is 3.62. The molecule has 1 rings (SSSR count). The van der Waals surface area contributed by atoms with Crippen LogP contribution < -0.4 is 5.73 Å². The third-order valence-electron chi connectivity index (χ3n) is 1.44. The average Bonchev–Trinajstić information content (AvgIpc) is 1.99. The Balaban J connectivity index is 3.23.